The largest absolute Gasteiger partial charge is 0.309 e. The molecular weight excluding hydrogens is 869 g/mol. The molecule has 10 aromatic carbocycles. The van der Waals surface area contributed by atoms with Gasteiger partial charge in [0.05, 0.1) is 22.1 Å². The molecule has 0 fully saturated rings. The lowest BCUT2D eigenvalue weighted by Crippen LogP contribution is -2.10. The average Bonchev–Trinajstić information content (AvgIpc) is 3.86. The first-order valence-electron chi connectivity index (χ1n) is 26.0. The standard InChI is InChI=1S/C70H66N2/c1-67(2,3)53-23-29-63-59(39-53)60-40-54(68(4,5)6)24-30-64(60)71(63)57-27-21-44-15-19-48(35-51(44)37-57)46-17-13-43-14-18-47(34-50(43)33-46)49-20-16-45-22-28-58(38-52(45)36-49)72-65-31-25-55(69(7,8)9)41-61(65)62-42-56(70(10,11)12)26-32-66(62)72/h13-42H,1-12H3. The number of hydrogen-bond acceptors (Lipinski definition) is 0. The van der Waals surface area contributed by atoms with Crippen molar-refractivity contribution in [3.05, 3.63) is 204 Å². The summed E-state index contributed by atoms with van der Waals surface area (Å²) in [5.74, 6) is 0. The summed E-state index contributed by atoms with van der Waals surface area (Å²) in [6.07, 6.45) is 0. The zero-order valence-electron chi connectivity index (χ0n) is 44.2. The van der Waals surface area contributed by atoms with Crippen LogP contribution in [0, 0.1) is 0 Å². The average molecular weight is 935 g/mol. The van der Waals surface area contributed by atoms with E-state index in [4.69, 9.17) is 0 Å². The van der Waals surface area contributed by atoms with Crippen LogP contribution in [-0.4, -0.2) is 9.13 Å². The fourth-order valence-corrected chi connectivity index (χ4v) is 11.2. The van der Waals surface area contributed by atoms with Gasteiger partial charge in [-0.15, -0.1) is 0 Å². The van der Waals surface area contributed by atoms with Crippen LogP contribution >= 0.6 is 0 Å². The highest BCUT2D eigenvalue weighted by Crippen LogP contribution is 2.41. The van der Waals surface area contributed by atoms with E-state index in [1.807, 2.05) is 0 Å². The Morgan fingerprint density at radius 3 is 0.708 bits per heavy atom. The zero-order chi connectivity index (χ0) is 50.2. The van der Waals surface area contributed by atoms with Gasteiger partial charge in [0, 0.05) is 32.9 Å². The maximum Gasteiger partial charge on any atom is 0.0541 e. The Labute approximate surface area is 425 Å². The highest BCUT2D eigenvalue weighted by atomic mass is 15.0. The Bertz CT molecular complexity index is 3770. The number of nitrogens with zero attached hydrogens (tertiary/aromatic N) is 2. The van der Waals surface area contributed by atoms with Crippen molar-refractivity contribution in [1.29, 1.82) is 0 Å². The fraction of sp³-hybridized carbons (Fsp3) is 0.229. The Hall–Kier alpha value is -7.42. The Balaban J connectivity index is 0.913. The summed E-state index contributed by atoms with van der Waals surface area (Å²) in [6.45, 7) is 27.7. The number of benzene rings is 10. The highest BCUT2D eigenvalue weighted by Gasteiger charge is 2.23. The second-order valence-electron chi connectivity index (χ2n) is 24.9. The molecule has 0 saturated carbocycles. The third-order valence-electron chi connectivity index (χ3n) is 15.7. The van der Waals surface area contributed by atoms with Crippen molar-refractivity contribution in [3.63, 3.8) is 0 Å². The van der Waals surface area contributed by atoms with Crippen molar-refractivity contribution in [2.24, 2.45) is 0 Å². The Morgan fingerprint density at radius 1 is 0.222 bits per heavy atom. The summed E-state index contributed by atoms with van der Waals surface area (Å²) in [6, 6.07) is 69.9. The summed E-state index contributed by atoms with van der Waals surface area (Å²) >= 11 is 0. The summed E-state index contributed by atoms with van der Waals surface area (Å²) in [5, 5.41) is 12.6. The monoisotopic (exact) mass is 935 g/mol. The number of rotatable bonds is 4. The van der Waals surface area contributed by atoms with Crippen molar-refractivity contribution in [1.82, 2.24) is 9.13 Å². The first-order chi connectivity index (χ1) is 34.2. The molecule has 0 saturated heterocycles. The van der Waals surface area contributed by atoms with Crippen LogP contribution in [0.1, 0.15) is 105 Å². The van der Waals surface area contributed by atoms with Crippen molar-refractivity contribution in [2.75, 3.05) is 0 Å². The number of fused-ring (bicyclic) bond motifs is 9. The molecule has 12 aromatic rings. The maximum absolute atomic E-state index is 2.47. The molecule has 356 valence electrons. The molecule has 2 heterocycles. The van der Waals surface area contributed by atoms with Gasteiger partial charge in [0.2, 0.25) is 0 Å². The fourth-order valence-electron chi connectivity index (χ4n) is 11.2. The molecule has 72 heavy (non-hydrogen) atoms. The van der Waals surface area contributed by atoms with Gasteiger partial charge in [0.1, 0.15) is 0 Å². The molecule has 0 unspecified atom stereocenters. The zero-order valence-corrected chi connectivity index (χ0v) is 44.2. The smallest absolute Gasteiger partial charge is 0.0541 e. The van der Waals surface area contributed by atoms with E-state index in [2.05, 4.69) is 274 Å². The minimum absolute atomic E-state index is 0.0556. The van der Waals surface area contributed by atoms with E-state index >= 15 is 0 Å². The molecule has 0 aliphatic rings. The molecule has 0 aliphatic carbocycles. The third-order valence-corrected chi connectivity index (χ3v) is 15.7. The number of hydrogen-bond donors (Lipinski definition) is 0. The second-order valence-corrected chi connectivity index (χ2v) is 24.9. The minimum Gasteiger partial charge on any atom is -0.309 e. The molecule has 0 N–H and O–H groups in total. The summed E-state index contributed by atoms with van der Waals surface area (Å²) < 4.78 is 4.94. The quantitative estimate of drug-likeness (QED) is 0.166. The molecular formula is C70H66N2. The predicted molar refractivity (Wildman–Crippen MR) is 313 cm³/mol. The first kappa shape index (κ1) is 45.7. The summed E-state index contributed by atoms with van der Waals surface area (Å²) in [4.78, 5) is 0. The van der Waals surface area contributed by atoms with E-state index in [-0.39, 0.29) is 21.7 Å². The molecule has 0 spiro atoms. The van der Waals surface area contributed by atoms with E-state index < -0.39 is 0 Å². The minimum atomic E-state index is 0.0556. The van der Waals surface area contributed by atoms with Crippen molar-refractivity contribution in [3.8, 4) is 33.6 Å². The van der Waals surface area contributed by atoms with Gasteiger partial charge in [-0.05, 0) is 196 Å². The lowest BCUT2D eigenvalue weighted by Gasteiger charge is -2.19. The highest BCUT2D eigenvalue weighted by molar-refractivity contribution is 6.11. The Kier molecular flexibility index (Phi) is 10.2. The lowest BCUT2D eigenvalue weighted by atomic mass is 9.85. The third kappa shape index (κ3) is 7.79. The molecule has 0 amide bonds. The first-order valence-corrected chi connectivity index (χ1v) is 26.0. The van der Waals surface area contributed by atoms with Crippen molar-refractivity contribution < 1.29 is 0 Å². The molecule has 0 aliphatic heterocycles. The van der Waals surface area contributed by atoms with Crippen LogP contribution in [-0.2, 0) is 21.7 Å². The van der Waals surface area contributed by atoms with E-state index in [9.17, 15) is 0 Å². The van der Waals surface area contributed by atoms with Gasteiger partial charge in [-0.25, -0.2) is 0 Å². The topological polar surface area (TPSA) is 9.86 Å². The normalized spacial score (nSPS) is 13.0. The van der Waals surface area contributed by atoms with E-state index in [0.29, 0.717) is 0 Å². The SMILES string of the molecule is CC(C)(C)c1ccc2c(c1)c1cc(C(C)(C)C)ccc1n2-c1ccc2ccc(-c3ccc4ccc(-c5ccc6ccc(-n7c8ccc(C(C)(C)C)cc8c8cc(C(C)(C)C)ccc87)cc6c5)cc4c3)cc2c1. The summed E-state index contributed by atoms with van der Waals surface area (Å²) in [7, 11) is 0. The lowest BCUT2D eigenvalue weighted by molar-refractivity contribution is 0.590. The van der Waals surface area contributed by atoms with Gasteiger partial charge >= 0.3 is 0 Å². The maximum atomic E-state index is 2.47. The molecule has 0 atom stereocenters. The van der Waals surface area contributed by atoms with Gasteiger partial charge < -0.3 is 9.13 Å². The van der Waals surface area contributed by atoms with Crippen LogP contribution in [0.4, 0.5) is 0 Å². The predicted octanol–water partition coefficient (Wildman–Crippen LogP) is 19.9. The van der Waals surface area contributed by atoms with Crippen molar-refractivity contribution >= 4 is 75.9 Å². The van der Waals surface area contributed by atoms with Gasteiger partial charge in [0.25, 0.3) is 0 Å². The van der Waals surface area contributed by atoms with Gasteiger partial charge in [-0.3, -0.25) is 0 Å². The second kappa shape index (κ2) is 16.0. The summed E-state index contributed by atoms with van der Waals surface area (Å²) in [5.41, 5.74) is 17.8. The molecule has 0 bridgehead atoms. The van der Waals surface area contributed by atoms with Crippen molar-refractivity contribution in [2.45, 2.75) is 105 Å². The van der Waals surface area contributed by atoms with Crippen LogP contribution < -0.4 is 0 Å². The van der Waals surface area contributed by atoms with E-state index in [1.54, 1.807) is 0 Å². The van der Waals surface area contributed by atoms with Gasteiger partial charge in [0.15, 0.2) is 0 Å². The van der Waals surface area contributed by atoms with Gasteiger partial charge in [-0.2, -0.15) is 0 Å². The number of aromatic nitrogens is 2. The van der Waals surface area contributed by atoms with Crippen LogP contribution in [0.25, 0.3) is 110 Å². The van der Waals surface area contributed by atoms with E-state index in [1.165, 1.54) is 132 Å². The molecule has 2 aromatic heterocycles. The van der Waals surface area contributed by atoms with Gasteiger partial charge in [-0.1, -0.05) is 168 Å². The molecule has 2 heteroatoms. The molecule has 0 radical (unpaired) electrons. The van der Waals surface area contributed by atoms with Crippen LogP contribution in [0.2, 0.25) is 0 Å². The van der Waals surface area contributed by atoms with Crippen LogP contribution in [0.15, 0.2) is 182 Å². The Morgan fingerprint density at radius 2 is 0.458 bits per heavy atom. The molecule has 12 rings (SSSR count). The van der Waals surface area contributed by atoms with E-state index in [0.717, 1.165) is 0 Å². The van der Waals surface area contributed by atoms with Crippen LogP contribution in [0.5, 0.6) is 0 Å². The van der Waals surface area contributed by atoms with Crippen LogP contribution in [0.3, 0.4) is 0 Å². The molecule has 2 nitrogen and oxygen atoms in total.